The lowest BCUT2D eigenvalue weighted by Crippen LogP contribution is -2.44. The number of carbonyl (C=O) groups is 2. The third kappa shape index (κ3) is 6.13. The van der Waals surface area contributed by atoms with Crippen LogP contribution in [0.1, 0.15) is 25.3 Å². The average molecular weight is 309 g/mol. The van der Waals surface area contributed by atoms with Crippen LogP contribution in [0.3, 0.4) is 0 Å². The molecule has 0 spiro atoms. The van der Waals surface area contributed by atoms with Crippen molar-refractivity contribution in [2.45, 2.75) is 32.2 Å². The van der Waals surface area contributed by atoms with E-state index in [-0.39, 0.29) is 12.3 Å². The highest BCUT2D eigenvalue weighted by Gasteiger charge is 2.19. The van der Waals surface area contributed by atoms with Gasteiger partial charge in [-0.3, -0.25) is 4.79 Å². The van der Waals surface area contributed by atoms with Gasteiger partial charge in [0.1, 0.15) is 5.75 Å². The lowest BCUT2D eigenvalue weighted by atomic mass is 10.1. The van der Waals surface area contributed by atoms with Crippen LogP contribution in [-0.2, 0) is 20.7 Å². The molecule has 122 valence electrons. The molecule has 0 unspecified atom stereocenters. The fourth-order valence-corrected chi connectivity index (χ4v) is 1.82. The summed E-state index contributed by atoms with van der Waals surface area (Å²) in [4.78, 5) is 23.0. The van der Waals surface area contributed by atoms with Gasteiger partial charge in [0.05, 0.1) is 20.3 Å². The molecule has 6 heteroatoms. The fraction of sp³-hybridized carbons (Fsp3) is 0.500. The Morgan fingerprint density at radius 3 is 2.50 bits per heavy atom. The molecule has 1 rings (SSSR count). The third-order valence-corrected chi connectivity index (χ3v) is 3.04. The van der Waals surface area contributed by atoms with E-state index in [2.05, 4.69) is 10.1 Å². The predicted molar refractivity (Wildman–Crippen MR) is 81.6 cm³/mol. The van der Waals surface area contributed by atoms with Gasteiger partial charge >= 0.3 is 5.97 Å². The van der Waals surface area contributed by atoms with Gasteiger partial charge in [0.25, 0.3) is 0 Å². The lowest BCUT2D eigenvalue weighted by Gasteiger charge is -2.13. The van der Waals surface area contributed by atoms with Crippen molar-refractivity contribution in [1.29, 1.82) is 0 Å². The Balaban J connectivity index is 2.41. The van der Waals surface area contributed by atoms with E-state index in [9.17, 15) is 9.59 Å². The number of methoxy groups -OCH3 is 1. The second kappa shape index (κ2) is 9.78. The van der Waals surface area contributed by atoms with Gasteiger partial charge < -0.3 is 19.9 Å². The summed E-state index contributed by atoms with van der Waals surface area (Å²) in [6, 6.07) is 6.54. The number of esters is 1. The molecule has 0 aliphatic rings. The van der Waals surface area contributed by atoms with Crippen LogP contribution in [0, 0.1) is 0 Å². The van der Waals surface area contributed by atoms with E-state index in [4.69, 9.17) is 9.84 Å². The second-order valence-corrected chi connectivity index (χ2v) is 4.82. The summed E-state index contributed by atoms with van der Waals surface area (Å²) >= 11 is 0. The Bertz CT molecular complexity index is 472. The highest BCUT2D eigenvalue weighted by Crippen LogP contribution is 2.13. The van der Waals surface area contributed by atoms with Crippen molar-refractivity contribution in [3.63, 3.8) is 0 Å². The molecule has 0 fully saturated rings. The summed E-state index contributed by atoms with van der Waals surface area (Å²) in [6.07, 6.45) is 1.72. The quantitative estimate of drug-likeness (QED) is 0.666. The van der Waals surface area contributed by atoms with Crippen LogP contribution < -0.4 is 10.1 Å². The Labute approximate surface area is 130 Å². The summed E-state index contributed by atoms with van der Waals surface area (Å²) in [5.41, 5.74) is 0.998. The Kier molecular flexibility index (Phi) is 7.99. The molecule has 0 radical (unpaired) electrons. The van der Waals surface area contributed by atoms with E-state index >= 15 is 0 Å². The van der Waals surface area contributed by atoms with Gasteiger partial charge in [-0.2, -0.15) is 0 Å². The molecule has 0 aromatic heterocycles. The maximum atomic E-state index is 11.8. The minimum Gasteiger partial charge on any atom is -0.494 e. The van der Waals surface area contributed by atoms with Crippen molar-refractivity contribution in [3.05, 3.63) is 29.8 Å². The molecule has 0 aliphatic carbocycles. The summed E-state index contributed by atoms with van der Waals surface area (Å²) in [6.45, 7) is 2.24. The zero-order chi connectivity index (χ0) is 16.4. The minimum atomic E-state index is -1.01. The second-order valence-electron chi connectivity index (χ2n) is 4.82. The molecule has 1 amide bonds. The number of hydrogen-bond donors (Lipinski definition) is 2. The van der Waals surface area contributed by atoms with Crippen LogP contribution in [0.5, 0.6) is 5.75 Å². The summed E-state index contributed by atoms with van der Waals surface area (Å²) < 4.78 is 9.97. The molecule has 0 saturated carbocycles. The molecule has 22 heavy (non-hydrogen) atoms. The number of ether oxygens (including phenoxy) is 2. The number of aliphatic hydroxyl groups excluding tert-OH is 1. The van der Waals surface area contributed by atoms with Gasteiger partial charge in [0.2, 0.25) is 5.91 Å². The summed E-state index contributed by atoms with van der Waals surface area (Å²) in [7, 11) is 1.21. The van der Waals surface area contributed by atoms with Crippen LogP contribution in [0.4, 0.5) is 0 Å². The number of amides is 1. The van der Waals surface area contributed by atoms with Crippen molar-refractivity contribution in [3.8, 4) is 5.75 Å². The molecular weight excluding hydrogens is 286 g/mol. The van der Waals surface area contributed by atoms with Crippen molar-refractivity contribution in [1.82, 2.24) is 5.32 Å². The number of aryl methyl sites for hydroxylation is 1. The monoisotopic (exact) mass is 309 g/mol. The van der Waals surface area contributed by atoms with Gasteiger partial charge in [-0.25, -0.2) is 4.79 Å². The van der Waals surface area contributed by atoms with Gasteiger partial charge in [0, 0.05) is 6.42 Å². The first kappa shape index (κ1) is 18.0. The number of benzene rings is 1. The molecule has 1 aromatic carbocycles. The molecule has 6 nitrogen and oxygen atoms in total. The highest BCUT2D eigenvalue weighted by molar-refractivity contribution is 5.84. The van der Waals surface area contributed by atoms with Crippen LogP contribution in [-0.4, -0.2) is 43.3 Å². The first-order valence-corrected chi connectivity index (χ1v) is 7.30. The Morgan fingerprint density at radius 1 is 1.27 bits per heavy atom. The molecule has 1 aromatic rings. The van der Waals surface area contributed by atoms with Crippen LogP contribution in [0.2, 0.25) is 0 Å². The molecule has 0 bridgehead atoms. The van der Waals surface area contributed by atoms with Crippen LogP contribution in [0.25, 0.3) is 0 Å². The van der Waals surface area contributed by atoms with Crippen molar-refractivity contribution in [2.24, 2.45) is 0 Å². The van der Waals surface area contributed by atoms with Crippen molar-refractivity contribution < 1.29 is 24.2 Å². The van der Waals surface area contributed by atoms with E-state index in [1.165, 1.54) is 7.11 Å². The van der Waals surface area contributed by atoms with Crippen LogP contribution >= 0.6 is 0 Å². The normalized spacial score (nSPS) is 11.6. The van der Waals surface area contributed by atoms with E-state index in [1.807, 2.05) is 31.2 Å². The van der Waals surface area contributed by atoms with Gasteiger partial charge in [-0.05, 0) is 30.5 Å². The van der Waals surface area contributed by atoms with E-state index in [0.29, 0.717) is 13.0 Å². The molecule has 0 saturated heterocycles. The Morgan fingerprint density at radius 2 is 1.95 bits per heavy atom. The lowest BCUT2D eigenvalue weighted by molar-refractivity contribution is -0.146. The maximum Gasteiger partial charge on any atom is 0.330 e. The predicted octanol–water partition coefficient (Wildman–Crippen LogP) is 1.06. The standard InChI is InChI=1S/C16H23NO5/c1-3-10-22-13-7-4-12(5-8-13)6-9-15(19)17-14(11-18)16(20)21-2/h4-5,7-8,14,18H,3,6,9-11H2,1-2H3,(H,17,19)/t14-/m0/s1. The highest BCUT2D eigenvalue weighted by atomic mass is 16.5. The number of rotatable bonds is 9. The van der Waals surface area contributed by atoms with E-state index in [0.717, 1.165) is 17.7 Å². The van der Waals surface area contributed by atoms with Gasteiger partial charge in [0.15, 0.2) is 6.04 Å². The van der Waals surface area contributed by atoms with Crippen LogP contribution in [0.15, 0.2) is 24.3 Å². The third-order valence-electron chi connectivity index (χ3n) is 3.04. The van der Waals surface area contributed by atoms with E-state index < -0.39 is 18.6 Å². The first-order chi connectivity index (χ1) is 10.6. The molecule has 0 heterocycles. The number of carbonyl (C=O) groups excluding carboxylic acids is 2. The molecule has 1 atom stereocenters. The maximum absolute atomic E-state index is 11.8. The van der Waals surface area contributed by atoms with E-state index in [1.54, 1.807) is 0 Å². The summed E-state index contributed by atoms with van der Waals surface area (Å²) in [5.74, 6) is -0.162. The first-order valence-electron chi connectivity index (χ1n) is 7.30. The number of nitrogens with one attached hydrogen (secondary N) is 1. The Hall–Kier alpha value is -2.08. The zero-order valence-electron chi connectivity index (χ0n) is 13.0. The number of aliphatic hydroxyl groups is 1. The number of hydrogen-bond acceptors (Lipinski definition) is 5. The van der Waals surface area contributed by atoms with Crippen molar-refractivity contribution >= 4 is 11.9 Å². The SMILES string of the molecule is CCCOc1ccc(CCC(=O)N[C@@H](CO)C(=O)OC)cc1. The largest absolute Gasteiger partial charge is 0.494 e. The zero-order valence-corrected chi connectivity index (χ0v) is 13.0. The minimum absolute atomic E-state index is 0.225. The van der Waals surface area contributed by atoms with Crippen molar-refractivity contribution in [2.75, 3.05) is 20.3 Å². The summed E-state index contributed by atoms with van der Waals surface area (Å²) in [5, 5.41) is 11.5. The fourth-order valence-electron chi connectivity index (χ4n) is 1.82. The topological polar surface area (TPSA) is 84.9 Å². The average Bonchev–Trinajstić information content (AvgIpc) is 2.56. The smallest absolute Gasteiger partial charge is 0.330 e. The molecule has 2 N–H and O–H groups in total. The van der Waals surface area contributed by atoms with Gasteiger partial charge in [-0.1, -0.05) is 19.1 Å². The molecular formula is C16H23NO5. The molecule has 0 aliphatic heterocycles. The van der Waals surface area contributed by atoms with Gasteiger partial charge in [-0.15, -0.1) is 0 Å².